The zero-order chi connectivity index (χ0) is 21.5. The number of hydrogen-bond acceptors (Lipinski definition) is 3. The van der Waals surface area contributed by atoms with Crippen LogP contribution in [0.25, 0.3) is 11.1 Å². The highest BCUT2D eigenvalue weighted by atomic mass is 32.2. The van der Waals surface area contributed by atoms with Crippen LogP contribution in [0.5, 0.6) is 0 Å². The summed E-state index contributed by atoms with van der Waals surface area (Å²) in [5, 5.41) is 0.266. The van der Waals surface area contributed by atoms with Crippen molar-refractivity contribution < 1.29 is 26.7 Å². The quantitative estimate of drug-likeness (QED) is 0.388. The lowest BCUT2D eigenvalue weighted by Crippen LogP contribution is -2.47. The molecule has 1 heterocycles. The van der Waals surface area contributed by atoms with Crippen LogP contribution in [0.4, 0.5) is 22.0 Å². The van der Waals surface area contributed by atoms with Gasteiger partial charge in [0.2, 0.25) is 6.41 Å². The van der Waals surface area contributed by atoms with Crippen LogP contribution in [0.3, 0.4) is 0 Å². The summed E-state index contributed by atoms with van der Waals surface area (Å²) < 4.78 is 74.8. The molecule has 0 radical (unpaired) electrons. The van der Waals surface area contributed by atoms with E-state index in [0.29, 0.717) is 6.41 Å². The van der Waals surface area contributed by atoms with Gasteiger partial charge in [0.1, 0.15) is 11.9 Å². The maximum atomic E-state index is 15.2. The lowest BCUT2D eigenvalue weighted by molar-refractivity contribution is -0.120. The minimum Gasteiger partial charge on any atom is -0.334 e. The summed E-state index contributed by atoms with van der Waals surface area (Å²) >= 11 is 1.22. The first kappa shape index (κ1) is 21.1. The predicted octanol–water partition coefficient (Wildman–Crippen LogP) is 4.56. The highest BCUT2D eigenvalue weighted by molar-refractivity contribution is 7.98. The molecule has 0 spiro atoms. The third-order valence-electron chi connectivity index (χ3n) is 5.43. The van der Waals surface area contributed by atoms with E-state index in [2.05, 4.69) is 4.72 Å². The first-order valence-corrected chi connectivity index (χ1v) is 10.4. The maximum Gasteiger partial charge on any atom is 0.283 e. The predicted molar refractivity (Wildman–Crippen MR) is 104 cm³/mol. The number of rotatable bonds is 7. The van der Waals surface area contributed by atoms with Crippen molar-refractivity contribution in [2.75, 3.05) is 6.54 Å². The van der Waals surface area contributed by atoms with Crippen LogP contribution < -0.4 is 4.72 Å². The summed E-state index contributed by atoms with van der Waals surface area (Å²) in [6.07, 6.45) is 2.03. The fourth-order valence-electron chi connectivity index (χ4n) is 3.69. The number of likely N-dealkylation sites (tertiary alicyclic amines) is 1. The Kier molecular flexibility index (Phi) is 5.76. The molecule has 2 atom stereocenters. The van der Waals surface area contributed by atoms with Crippen LogP contribution >= 0.6 is 11.9 Å². The van der Waals surface area contributed by atoms with Gasteiger partial charge in [0.25, 0.3) is 5.92 Å². The molecule has 0 aromatic heterocycles. The summed E-state index contributed by atoms with van der Waals surface area (Å²) in [7, 11) is 0. The summed E-state index contributed by atoms with van der Waals surface area (Å²) in [5.41, 5.74) is -0.366. The first-order valence-electron chi connectivity index (χ1n) is 9.53. The standard InChI is InChI=1S/C21H19F5N2OS/c22-16-6-2-5-15(19(16)24)14-4-1-3-12(18(14)23)9-17-20(27-30-13-7-8-13)21(25,26)10-28(17)11-29/h1-6,11,13,17,20,27H,7-10H2. The zero-order valence-electron chi connectivity index (χ0n) is 15.8. The molecule has 2 unspecified atom stereocenters. The second-order valence-electron chi connectivity index (χ2n) is 7.60. The van der Waals surface area contributed by atoms with Crippen molar-refractivity contribution in [3.63, 3.8) is 0 Å². The van der Waals surface area contributed by atoms with E-state index in [9.17, 15) is 22.4 Å². The van der Waals surface area contributed by atoms with Gasteiger partial charge in [0.15, 0.2) is 11.6 Å². The molecule has 1 N–H and O–H groups in total. The third kappa shape index (κ3) is 4.05. The molecular formula is C21H19F5N2OS. The fraction of sp³-hybridized carbons (Fsp3) is 0.381. The van der Waals surface area contributed by atoms with Gasteiger partial charge in [-0.1, -0.05) is 42.3 Å². The molecule has 1 saturated carbocycles. The van der Waals surface area contributed by atoms with E-state index < -0.39 is 42.0 Å². The SMILES string of the molecule is O=CN1CC(F)(F)C(NSC2CC2)C1Cc1cccc(-c2cccc(F)c2F)c1F. The van der Waals surface area contributed by atoms with Gasteiger partial charge in [-0.05, 0) is 30.9 Å². The number of benzene rings is 2. The second-order valence-corrected chi connectivity index (χ2v) is 8.74. The van der Waals surface area contributed by atoms with E-state index in [4.69, 9.17) is 0 Å². The van der Waals surface area contributed by atoms with E-state index in [0.717, 1.165) is 23.8 Å². The van der Waals surface area contributed by atoms with Crippen LogP contribution in [-0.2, 0) is 11.2 Å². The number of halogens is 5. The number of carbonyl (C=O) groups excluding carboxylic acids is 1. The molecule has 160 valence electrons. The van der Waals surface area contributed by atoms with Crippen LogP contribution in [0.2, 0.25) is 0 Å². The molecular weight excluding hydrogens is 423 g/mol. The Morgan fingerprint density at radius 2 is 1.73 bits per heavy atom. The summed E-state index contributed by atoms with van der Waals surface area (Å²) in [5.74, 6) is -6.29. The van der Waals surface area contributed by atoms with Gasteiger partial charge in [0, 0.05) is 16.4 Å². The second kappa shape index (κ2) is 8.19. The number of alkyl halides is 2. The number of nitrogens with zero attached hydrogens (tertiary/aromatic N) is 1. The van der Waals surface area contributed by atoms with Crippen molar-refractivity contribution in [1.29, 1.82) is 0 Å². The van der Waals surface area contributed by atoms with Gasteiger partial charge in [-0.15, -0.1) is 0 Å². The lowest BCUT2D eigenvalue weighted by atomic mass is 9.95. The van der Waals surface area contributed by atoms with Crippen LogP contribution in [0.15, 0.2) is 36.4 Å². The van der Waals surface area contributed by atoms with Gasteiger partial charge >= 0.3 is 0 Å². The van der Waals surface area contributed by atoms with Crippen molar-refractivity contribution in [3.8, 4) is 11.1 Å². The van der Waals surface area contributed by atoms with E-state index >= 15 is 4.39 Å². The van der Waals surface area contributed by atoms with Gasteiger partial charge < -0.3 is 4.90 Å². The monoisotopic (exact) mass is 442 g/mol. The van der Waals surface area contributed by atoms with Gasteiger partial charge in [0.05, 0.1) is 12.6 Å². The summed E-state index contributed by atoms with van der Waals surface area (Å²) in [6, 6.07) is 5.28. The molecule has 0 bridgehead atoms. The molecule has 1 saturated heterocycles. The van der Waals surface area contributed by atoms with Crippen molar-refractivity contribution in [2.45, 2.75) is 42.5 Å². The summed E-state index contributed by atoms with van der Waals surface area (Å²) in [6.45, 7) is -0.760. The Morgan fingerprint density at radius 1 is 1.07 bits per heavy atom. The van der Waals surface area contributed by atoms with Crippen LogP contribution in [0, 0.1) is 17.5 Å². The Bertz CT molecular complexity index is 953. The van der Waals surface area contributed by atoms with Crippen LogP contribution in [0.1, 0.15) is 18.4 Å². The van der Waals surface area contributed by atoms with Gasteiger partial charge in [-0.2, -0.15) is 0 Å². The molecule has 30 heavy (non-hydrogen) atoms. The molecule has 2 aromatic rings. The Labute approximate surface area is 174 Å². The minimum atomic E-state index is -3.17. The van der Waals surface area contributed by atoms with Crippen molar-refractivity contribution in [1.82, 2.24) is 9.62 Å². The summed E-state index contributed by atoms with van der Waals surface area (Å²) in [4.78, 5) is 12.4. The molecule has 1 aliphatic carbocycles. The average Bonchev–Trinajstić information content (AvgIpc) is 3.49. The highest BCUT2D eigenvalue weighted by Gasteiger charge is 2.54. The van der Waals surface area contributed by atoms with E-state index in [1.54, 1.807) is 0 Å². The minimum absolute atomic E-state index is 0.0499. The molecule has 2 fully saturated rings. The molecule has 2 aliphatic rings. The number of nitrogens with one attached hydrogen (secondary N) is 1. The van der Waals surface area contributed by atoms with E-state index in [1.165, 1.54) is 42.3 Å². The third-order valence-corrected chi connectivity index (χ3v) is 6.62. The first-order chi connectivity index (χ1) is 14.3. The number of carbonyl (C=O) groups is 1. The lowest BCUT2D eigenvalue weighted by Gasteiger charge is -2.26. The van der Waals surface area contributed by atoms with E-state index in [-0.39, 0.29) is 28.4 Å². The molecule has 4 rings (SSSR count). The molecule has 3 nitrogen and oxygen atoms in total. The van der Waals surface area contributed by atoms with Crippen molar-refractivity contribution >= 4 is 18.4 Å². The fourth-order valence-corrected chi connectivity index (χ4v) is 4.73. The maximum absolute atomic E-state index is 15.2. The van der Waals surface area contributed by atoms with Crippen molar-refractivity contribution in [2.24, 2.45) is 0 Å². The van der Waals surface area contributed by atoms with Crippen LogP contribution in [-0.4, -0.2) is 41.1 Å². The topological polar surface area (TPSA) is 32.3 Å². The smallest absolute Gasteiger partial charge is 0.283 e. The molecule has 9 heteroatoms. The normalized spacial score (nSPS) is 23.0. The zero-order valence-corrected chi connectivity index (χ0v) is 16.6. The van der Waals surface area contributed by atoms with Gasteiger partial charge in [-0.3, -0.25) is 9.52 Å². The molecule has 2 aromatic carbocycles. The largest absolute Gasteiger partial charge is 0.334 e. The van der Waals surface area contributed by atoms with Gasteiger partial charge in [-0.25, -0.2) is 22.0 Å². The molecule has 1 amide bonds. The average molecular weight is 442 g/mol. The number of amides is 1. The van der Waals surface area contributed by atoms with Crippen molar-refractivity contribution in [3.05, 3.63) is 59.4 Å². The Balaban J connectivity index is 1.64. The molecule has 1 aliphatic heterocycles. The van der Waals surface area contributed by atoms with E-state index in [1.807, 2.05) is 0 Å². The highest BCUT2D eigenvalue weighted by Crippen LogP contribution is 2.39. The Morgan fingerprint density at radius 3 is 2.40 bits per heavy atom. The Hall–Kier alpha value is -2.13. The number of hydrogen-bond donors (Lipinski definition) is 1.